The molecule has 0 aromatic carbocycles. The summed E-state index contributed by atoms with van der Waals surface area (Å²) < 4.78 is 0. The van der Waals surface area contributed by atoms with E-state index in [9.17, 15) is 0 Å². The first-order valence-corrected chi connectivity index (χ1v) is 8.05. The molecule has 4 atom stereocenters. The molecule has 2 fully saturated rings. The number of hydrogen-bond acceptors (Lipinski definition) is 1. The van der Waals surface area contributed by atoms with Crippen molar-refractivity contribution in [3.63, 3.8) is 0 Å². The zero-order valence-electron chi connectivity index (χ0n) is 11.9. The highest BCUT2D eigenvalue weighted by molar-refractivity contribution is 4.91. The smallest absolute Gasteiger partial charge is 0.00463 e. The second-order valence-electron chi connectivity index (χ2n) is 6.37. The molecule has 0 amide bonds. The van der Waals surface area contributed by atoms with Crippen molar-refractivity contribution in [3.05, 3.63) is 0 Å². The molecule has 0 saturated heterocycles. The summed E-state index contributed by atoms with van der Waals surface area (Å²) in [7, 11) is 0. The maximum atomic E-state index is 3.49. The van der Waals surface area contributed by atoms with E-state index in [-0.39, 0.29) is 0 Å². The summed E-state index contributed by atoms with van der Waals surface area (Å²) in [6.07, 6.45) is 12.0. The predicted molar refractivity (Wildman–Crippen MR) is 75.1 cm³/mol. The predicted octanol–water partition coefficient (Wildman–Crippen LogP) is 4.23. The van der Waals surface area contributed by atoms with E-state index in [1.807, 2.05) is 0 Å². The average molecular weight is 237 g/mol. The van der Waals surface area contributed by atoms with Crippen LogP contribution in [0.3, 0.4) is 0 Å². The van der Waals surface area contributed by atoms with Crippen LogP contribution in [0.4, 0.5) is 0 Å². The molecule has 1 heteroatoms. The van der Waals surface area contributed by atoms with Crippen LogP contribution in [0.2, 0.25) is 0 Å². The molecule has 100 valence electrons. The molecule has 2 aliphatic rings. The molecular weight excluding hydrogens is 206 g/mol. The van der Waals surface area contributed by atoms with Gasteiger partial charge in [0, 0.05) is 0 Å². The van der Waals surface area contributed by atoms with Gasteiger partial charge in [-0.2, -0.15) is 0 Å². The maximum absolute atomic E-state index is 3.49. The second kappa shape index (κ2) is 6.78. The number of fused-ring (bicyclic) bond motifs is 1. The molecule has 0 heterocycles. The Morgan fingerprint density at radius 2 is 1.82 bits per heavy atom. The first kappa shape index (κ1) is 13.4. The topological polar surface area (TPSA) is 12.0 Å². The molecule has 0 aromatic rings. The van der Waals surface area contributed by atoms with Gasteiger partial charge < -0.3 is 5.32 Å². The van der Waals surface area contributed by atoms with Gasteiger partial charge in [0.15, 0.2) is 0 Å². The van der Waals surface area contributed by atoms with Crippen molar-refractivity contribution in [1.29, 1.82) is 0 Å². The number of rotatable bonds is 6. The summed E-state index contributed by atoms with van der Waals surface area (Å²) in [5.74, 6) is 4.36. The zero-order chi connectivity index (χ0) is 12.1. The quantitative estimate of drug-likeness (QED) is 0.682. The highest BCUT2D eigenvalue weighted by atomic mass is 14.8. The fourth-order valence-corrected chi connectivity index (χ4v) is 4.25. The first-order chi connectivity index (χ1) is 8.35. The molecule has 2 saturated carbocycles. The van der Waals surface area contributed by atoms with E-state index in [0.29, 0.717) is 0 Å². The van der Waals surface area contributed by atoms with Crippen molar-refractivity contribution in [2.45, 2.75) is 65.2 Å². The molecular formula is C16H31N. The van der Waals surface area contributed by atoms with Crippen molar-refractivity contribution >= 4 is 0 Å². The largest absolute Gasteiger partial charge is 0.317 e. The molecule has 2 aliphatic carbocycles. The number of nitrogens with one attached hydrogen (secondary N) is 1. The van der Waals surface area contributed by atoms with Gasteiger partial charge in [-0.25, -0.2) is 0 Å². The van der Waals surface area contributed by atoms with E-state index in [2.05, 4.69) is 19.2 Å². The third-order valence-corrected chi connectivity index (χ3v) is 5.31. The number of hydrogen-bond donors (Lipinski definition) is 1. The Kier molecular flexibility index (Phi) is 5.34. The molecule has 4 unspecified atom stereocenters. The van der Waals surface area contributed by atoms with Gasteiger partial charge in [-0.15, -0.1) is 0 Å². The Balaban J connectivity index is 1.71. The first-order valence-electron chi connectivity index (χ1n) is 8.05. The summed E-state index contributed by atoms with van der Waals surface area (Å²) in [5, 5.41) is 3.49. The molecule has 1 N–H and O–H groups in total. The minimum absolute atomic E-state index is 1.07. The van der Waals surface area contributed by atoms with Gasteiger partial charge in [0.05, 0.1) is 0 Å². The highest BCUT2D eigenvalue weighted by Gasteiger charge is 2.41. The van der Waals surface area contributed by atoms with E-state index in [1.54, 1.807) is 19.3 Å². The van der Waals surface area contributed by atoms with E-state index in [1.165, 1.54) is 38.6 Å². The molecule has 17 heavy (non-hydrogen) atoms. The van der Waals surface area contributed by atoms with Gasteiger partial charge >= 0.3 is 0 Å². The Morgan fingerprint density at radius 1 is 1.00 bits per heavy atom. The normalized spacial score (nSPS) is 37.1. The third kappa shape index (κ3) is 3.47. The van der Waals surface area contributed by atoms with Gasteiger partial charge in [-0.1, -0.05) is 39.5 Å². The maximum Gasteiger partial charge on any atom is -0.00463 e. The second-order valence-corrected chi connectivity index (χ2v) is 6.37. The molecule has 0 radical (unpaired) electrons. The summed E-state index contributed by atoms with van der Waals surface area (Å²) in [5.41, 5.74) is 0. The Morgan fingerprint density at radius 3 is 2.59 bits per heavy atom. The van der Waals surface area contributed by atoms with Crippen LogP contribution >= 0.6 is 0 Å². The lowest BCUT2D eigenvalue weighted by Crippen LogP contribution is -2.37. The van der Waals surface area contributed by atoms with Gasteiger partial charge in [0.2, 0.25) is 0 Å². The lowest BCUT2D eigenvalue weighted by Gasteiger charge is -2.44. The third-order valence-electron chi connectivity index (χ3n) is 5.31. The van der Waals surface area contributed by atoms with Crippen LogP contribution in [0, 0.1) is 23.7 Å². The van der Waals surface area contributed by atoms with Crippen LogP contribution in [0.15, 0.2) is 0 Å². The average Bonchev–Trinajstić information content (AvgIpc) is 2.45. The zero-order valence-corrected chi connectivity index (χ0v) is 11.9. The van der Waals surface area contributed by atoms with Crippen molar-refractivity contribution in [2.24, 2.45) is 23.7 Å². The van der Waals surface area contributed by atoms with Crippen molar-refractivity contribution in [2.75, 3.05) is 13.1 Å². The van der Waals surface area contributed by atoms with Crippen molar-refractivity contribution < 1.29 is 0 Å². The van der Waals surface area contributed by atoms with E-state index >= 15 is 0 Å². The van der Waals surface area contributed by atoms with Crippen molar-refractivity contribution in [3.8, 4) is 0 Å². The van der Waals surface area contributed by atoms with Gasteiger partial charge in [0.25, 0.3) is 0 Å². The lowest BCUT2D eigenvalue weighted by molar-refractivity contribution is 0.0576. The molecule has 2 rings (SSSR count). The van der Waals surface area contributed by atoms with Gasteiger partial charge in [-0.05, 0) is 62.4 Å². The van der Waals surface area contributed by atoms with Gasteiger partial charge in [-0.3, -0.25) is 0 Å². The van der Waals surface area contributed by atoms with Gasteiger partial charge in [0.1, 0.15) is 0 Å². The minimum atomic E-state index is 1.07. The Hall–Kier alpha value is -0.0400. The standard InChI is InChI=1S/C16H31N/c1-3-5-13-6-8-14-12-15(10-11-17-4-2)16(14)9-7-13/h13-17H,3-12H2,1-2H3. The van der Waals surface area contributed by atoms with Crippen LogP contribution < -0.4 is 5.32 Å². The van der Waals surface area contributed by atoms with Crippen LogP contribution in [0.1, 0.15) is 65.2 Å². The Labute approximate surface area is 108 Å². The fourth-order valence-electron chi connectivity index (χ4n) is 4.25. The van der Waals surface area contributed by atoms with Crippen LogP contribution in [0.25, 0.3) is 0 Å². The summed E-state index contributed by atoms with van der Waals surface area (Å²) in [4.78, 5) is 0. The highest BCUT2D eigenvalue weighted by Crippen LogP contribution is 2.50. The summed E-state index contributed by atoms with van der Waals surface area (Å²) in [6, 6.07) is 0. The fraction of sp³-hybridized carbons (Fsp3) is 1.00. The van der Waals surface area contributed by atoms with Crippen LogP contribution in [-0.4, -0.2) is 13.1 Å². The minimum Gasteiger partial charge on any atom is -0.317 e. The molecule has 0 spiro atoms. The molecule has 1 nitrogen and oxygen atoms in total. The monoisotopic (exact) mass is 237 g/mol. The van der Waals surface area contributed by atoms with Crippen molar-refractivity contribution in [1.82, 2.24) is 5.32 Å². The molecule has 0 aliphatic heterocycles. The lowest BCUT2D eigenvalue weighted by atomic mass is 9.61. The summed E-state index contributed by atoms with van der Waals surface area (Å²) >= 11 is 0. The summed E-state index contributed by atoms with van der Waals surface area (Å²) in [6.45, 7) is 6.95. The molecule has 0 bridgehead atoms. The van der Waals surface area contributed by atoms with E-state index in [4.69, 9.17) is 0 Å². The van der Waals surface area contributed by atoms with E-state index < -0.39 is 0 Å². The van der Waals surface area contributed by atoms with Crippen LogP contribution in [-0.2, 0) is 0 Å². The van der Waals surface area contributed by atoms with E-state index in [0.717, 1.165) is 30.2 Å². The van der Waals surface area contributed by atoms with Crippen LogP contribution in [0.5, 0.6) is 0 Å². The molecule has 0 aromatic heterocycles. The SMILES string of the molecule is CCCC1CCC2CC(CCNCC)C2CC1. The Bertz CT molecular complexity index is 214.